The van der Waals surface area contributed by atoms with Crippen molar-refractivity contribution in [2.45, 2.75) is 12.3 Å². The first-order valence-electron chi connectivity index (χ1n) is 4.66. The second-order valence-electron chi connectivity index (χ2n) is 3.38. The summed E-state index contributed by atoms with van der Waals surface area (Å²) in [4.78, 5) is 0. The summed E-state index contributed by atoms with van der Waals surface area (Å²) in [5.74, 6) is 0. The summed E-state index contributed by atoms with van der Waals surface area (Å²) in [5, 5.41) is 12.2. The number of aliphatic hydroxyl groups excluding tert-OH is 1. The fourth-order valence-electron chi connectivity index (χ4n) is 1.42. The minimum Gasteiger partial charge on any atom is -0.398 e. The first-order chi connectivity index (χ1) is 7.38. The third-order valence-electron chi connectivity index (χ3n) is 2.20. The molecule has 1 aromatic carbocycles. The number of alkyl halides is 3. The molecule has 0 aromatic heterocycles. The molecule has 0 aliphatic rings. The van der Waals surface area contributed by atoms with Crippen LogP contribution < -0.4 is 11.1 Å². The molecular weight excluding hydrogens is 221 g/mol. The van der Waals surface area contributed by atoms with Gasteiger partial charge in [0, 0.05) is 17.8 Å². The third kappa shape index (κ3) is 2.65. The smallest absolute Gasteiger partial charge is 0.398 e. The number of rotatable bonds is 3. The van der Waals surface area contributed by atoms with Crippen molar-refractivity contribution in [3.8, 4) is 0 Å². The number of anilines is 1. The normalized spacial score (nSPS) is 13.8. The summed E-state index contributed by atoms with van der Waals surface area (Å²) >= 11 is 0. The lowest BCUT2D eigenvalue weighted by molar-refractivity contribution is -0.137. The van der Waals surface area contributed by atoms with Crippen molar-refractivity contribution in [2.24, 2.45) is 0 Å². The highest BCUT2D eigenvalue weighted by molar-refractivity contribution is 5.56. The molecule has 1 unspecified atom stereocenters. The summed E-state index contributed by atoms with van der Waals surface area (Å²) in [6.45, 7) is 0.144. The predicted octanol–water partition coefficient (Wildman–Crippen LogP) is 1.54. The molecule has 0 amide bonds. The SMILES string of the molecule is CNCC(O)c1cccc(C(F)(F)F)c1N. The van der Waals surface area contributed by atoms with Crippen molar-refractivity contribution in [1.82, 2.24) is 5.32 Å². The van der Waals surface area contributed by atoms with E-state index in [1.54, 1.807) is 7.05 Å². The van der Waals surface area contributed by atoms with Crippen molar-refractivity contribution in [1.29, 1.82) is 0 Å². The topological polar surface area (TPSA) is 58.3 Å². The average Bonchev–Trinajstić information content (AvgIpc) is 2.16. The van der Waals surface area contributed by atoms with Gasteiger partial charge < -0.3 is 16.2 Å². The molecule has 0 radical (unpaired) electrons. The van der Waals surface area contributed by atoms with Gasteiger partial charge in [0.25, 0.3) is 0 Å². The lowest BCUT2D eigenvalue weighted by atomic mass is 10.0. The number of nitrogens with one attached hydrogen (secondary N) is 1. The second kappa shape index (κ2) is 4.71. The Morgan fingerprint density at radius 2 is 2.06 bits per heavy atom. The number of para-hydroxylation sites is 1. The van der Waals surface area contributed by atoms with Gasteiger partial charge in [0.05, 0.1) is 11.7 Å². The Kier molecular flexibility index (Phi) is 3.77. The predicted molar refractivity (Wildman–Crippen MR) is 54.7 cm³/mol. The molecule has 16 heavy (non-hydrogen) atoms. The number of likely N-dealkylation sites (N-methyl/N-ethyl adjacent to an activating group) is 1. The Morgan fingerprint density at radius 3 is 2.56 bits per heavy atom. The van der Waals surface area contributed by atoms with Crippen LogP contribution in [-0.4, -0.2) is 18.7 Å². The number of halogens is 3. The van der Waals surface area contributed by atoms with Crippen LogP contribution in [0.2, 0.25) is 0 Å². The zero-order valence-electron chi connectivity index (χ0n) is 8.67. The summed E-state index contributed by atoms with van der Waals surface area (Å²) in [7, 11) is 1.59. The Morgan fingerprint density at radius 1 is 1.44 bits per heavy atom. The zero-order valence-corrected chi connectivity index (χ0v) is 8.67. The molecular formula is C10H13F3N2O. The van der Waals surface area contributed by atoms with Crippen LogP contribution in [0.1, 0.15) is 17.2 Å². The molecule has 6 heteroatoms. The Hall–Kier alpha value is -1.27. The Bertz CT molecular complexity index is 366. The zero-order chi connectivity index (χ0) is 12.3. The molecule has 0 aliphatic heterocycles. The molecule has 0 saturated heterocycles. The van der Waals surface area contributed by atoms with E-state index >= 15 is 0 Å². The average molecular weight is 234 g/mol. The fourth-order valence-corrected chi connectivity index (χ4v) is 1.42. The van der Waals surface area contributed by atoms with Crippen LogP contribution in [0.5, 0.6) is 0 Å². The summed E-state index contributed by atoms with van der Waals surface area (Å²) < 4.78 is 37.5. The Labute approximate surface area is 91.1 Å². The van der Waals surface area contributed by atoms with Crippen LogP contribution in [0.15, 0.2) is 18.2 Å². The third-order valence-corrected chi connectivity index (χ3v) is 2.20. The molecule has 0 aliphatic carbocycles. The number of benzene rings is 1. The van der Waals surface area contributed by atoms with E-state index in [2.05, 4.69) is 5.32 Å². The van der Waals surface area contributed by atoms with Crippen molar-refractivity contribution in [3.05, 3.63) is 29.3 Å². The van der Waals surface area contributed by atoms with Crippen molar-refractivity contribution in [2.75, 3.05) is 19.3 Å². The van der Waals surface area contributed by atoms with E-state index in [1.807, 2.05) is 0 Å². The first-order valence-corrected chi connectivity index (χ1v) is 4.66. The summed E-state index contributed by atoms with van der Waals surface area (Å²) in [6, 6.07) is 3.50. The minimum absolute atomic E-state index is 0.0872. The van der Waals surface area contributed by atoms with Gasteiger partial charge in [0.15, 0.2) is 0 Å². The quantitative estimate of drug-likeness (QED) is 0.695. The minimum atomic E-state index is -4.50. The second-order valence-corrected chi connectivity index (χ2v) is 3.38. The van der Waals surface area contributed by atoms with Gasteiger partial charge in [-0.15, -0.1) is 0 Å². The van der Waals surface area contributed by atoms with E-state index in [-0.39, 0.29) is 12.1 Å². The first kappa shape index (κ1) is 12.8. The maximum absolute atomic E-state index is 12.5. The number of hydrogen-bond donors (Lipinski definition) is 3. The van der Waals surface area contributed by atoms with Gasteiger partial charge in [-0.2, -0.15) is 13.2 Å². The van der Waals surface area contributed by atoms with Crippen LogP contribution in [-0.2, 0) is 6.18 Å². The molecule has 90 valence electrons. The highest BCUT2D eigenvalue weighted by atomic mass is 19.4. The molecule has 1 atom stereocenters. The van der Waals surface area contributed by atoms with E-state index in [0.29, 0.717) is 0 Å². The number of hydrogen-bond acceptors (Lipinski definition) is 3. The molecule has 0 bridgehead atoms. The van der Waals surface area contributed by atoms with Gasteiger partial charge in [0.2, 0.25) is 0 Å². The van der Waals surface area contributed by atoms with Crippen LogP contribution >= 0.6 is 0 Å². The van der Waals surface area contributed by atoms with Crippen LogP contribution in [0, 0.1) is 0 Å². The van der Waals surface area contributed by atoms with Crippen molar-refractivity contribution in [3.63, 3.8) is 0 Å². The van der Waals surface area contributed by atoms with Gasteiger partial charge in [-0.3, -0.25) is 0 Å². The largest absolute Gasteiger partial charge is 0.418 e. The number of aliphatic hydroxyl groups is 1. The maximum atomic E-state index is 12.5. The molecule has 1 rings (SSSR count). The van der Waals surface area contributed by atoms with Gasteiger partial charge in [-0.05, 0) is 13.1 Å². The van der Waals surface area contributed by atoms with Gasteiger partial charge in [0.1, 0.15) is 0 Å². The fraction of sp³-hybridized carbons (Fsp3) is 0.400. The monoisotopic (exact) mass is 234 g/mol. The number of nitrogen functional groups attached to an aromatic ring is 1. The lowest BCUT2D eigenvalue weighted by Gasteiger charge is -2.17. The molecule has 0 spiro atoms. The van der Waals surface area contributed by atoms with E-state index < -0.39 is 23.5 Å². The molecule has 1 aromatic rings. The van der Waals surface area contributed by atoms with Gasteiger partial charge in [-0.1, -0.05) is 12.1 Å². The molecule has 0 fully saturated rings. The molecule has 4 N–H and O–H groups in total. The Balaban J connectivity index is 3.14. The van der Waals surface area contributed by atoms with Gasteiger partial charge in [-0.25, -0.2) is 0 Å². The highest BCUT2D eigenvalue weighted by Crippen LogP contribution is 2.36. The van der Waals surface area contributed by atoms with Gasteiger partial charge >= 0.3 is 6.18 Å². The van der Waals surface area contributed by atoms with E-state index in [0.717, 1.165) is 6.07 Å². The van der Waals surface area contributed by atoms with Crippen LogP contribution in [0.4, 0.5) is 18.9 Å². The summed E-state index contributed by atoms with van der Waals surface area (Å²) in [6.07, 6.45) is -5.55. The van der Waals surface area contributed by atoms with Crippen molar-refractivity contribution >= 4 is 5.69 Å². The molecule has 0 heterocycles. The molecule has 3 nitrogen and oxygen atoms in total. The van der Waals surface area contributed by atoms with E-state index in [9.17, 15) is 18.3 Å². The van der Waals surface area contributed by atoms with E-state index in [4.69, 9.17) is 5.73 Å². The number of nitrogens with two attached hydrogens (primary N) is 1. The maximum Gasteiger partial charge on any atom is 0.418 e. The summed E-state index contributed by atoms with van der Waals surface area (Å²) in [5.41, 5.74) is 4.14. The van der Waals surface area contributed by atoms with E-state index in [1.165, 1.54) is 12.1 Å². The standard InChI is InChI=1S/C10H13F3N2O/c1-15-5-8(16)6-3-2-4-7(9(6)14)10(11,12)13/h2-4,8,15-16H,5,14H2,1H3. The lowest BCUT2D eigenvalue weighted by Crippen LogP contribution is -2.19. The molecule has 0 saturated carbocycles. The van der Waals surface area contributed by atoms with Crippen LogP contribution in [0.3, 0.4) is 0 Å². The van der Waals surface area contributed by atoms with Crippen LogP contribution in [0.25, 0.3) is 0 Å². The highest BCUT2D eigenvalue weighted by Gasteiger charge is 2.34. The van der Waals surface area contributed by atoms with Crippen molar-refractivity contribution < 1.29 is 18.3 Å².